The molecule has 0 amide bonds. The number of carboxylic acid groups (broad SMARTS) is 1. The standard InChI is InChI=1S/C11H11NO3S2/c1-6-4-16-5-7(6)10-12-8(3-15-2)9(17-10)11(13)14/h4-5H,3H2,1-2H3,(H,13,14). The molecule has 0 aromatic carbocycles. The van der Waals surface area contributed by atoms with Gasteiger partial charge in [0.25, 0.3) is 0 Å². The molecule has 0 aliphatic heterocycles. The number of aromatic carboxylic acids is 1. The van der Waals surface area contributed by atoms with Crippen molar-refractivity contribution in [3.05, 3.63) is 26.9 Å². The molecule has 0 aliphatic rings. The molecular weight excluding hydrogens is 258 g/mol. The summed E-state index contributed by atoms with van der Waals surface area (Å²) in [7, 11) is 1.53. The quantitative estimate of drug-likeness (QED) is 0.926. The Bertz CT molecular complexity index is 545. The van der Waals surface area contributed by atoms with Crippen molar-refractivity contribution in [2.24, 2.45) is 0 Å². The molecule has 0 spiro atoms. The maximum Gasteiger partial charge on any atom is 0.347 e. The van der Waals surface area contributed by atoms with Crippen LogP contribution in [0.15, 0.2) is 10.8 Å². The minimum Gasteiger partial charge on any atom is -0.477 e. The Morgan fingerprint density at radius 1 is 1.53 bits per heavy atom. The molecule has 0 fully saturated rings. The lowest BCUT2D eigenvalue weighted by atomic mass is 10.2. The zero-order valence-corrected chi connectivity index (χ0v) is 11.0. The van der Waals surface area contributed by atoms with Gasteiger partial charge in [-0.15, -0.1) is 11.3 Å². The number of aromatic nitrogens is 1. The van der Waals surface area contributed by atoms with Crippen molar-refractivity contribution in [1.82, 2.24) is 4.98 Å². The average Bonchev–Trinajstić information content (AvgIpc) is 2.84. The number of ether oxygens (including phenoxy) is 1. The van der Waals surface area contributed by atoms with Gasteiger partial charge in [0.15, 0.2) is 0 Å². The minimum absolute atomic E-state index is 0.224. The van der Waals surface area contributed by atoms with Gasteiger partial charge in [0, 0.05) is 18.1 Å². The fraction of sp³-hybridized carbons (Fsp3) is 0.273. The molecule has 6 heteroatoms. The van der Waals surface area contributed by atoms with Gasteiger partial charge in [-0.25, -0.2) is 9.78 Å². The van der Waals surface area contributed by atoms with Gasteiger partial charge < -0.3 is 9.84 Å². The van der Waals surface area contributed by atoms with Crippen molar-refractivity contribution >= 4 is 28.6 Å². The summed E-state index contributed by atoms with van der Waals surface area (Å²) in [6.45, 7) is 2.21. The topological polar surface area (TPSA) is 59.4 Å². The number of nitrogens with zero attached hydrogens (tertiary/aromatic N) is 1. The maximum atomic E-state index is 11.1. The van der Waals surface area contributed by atoms with Gasteiger partial charge in [0.2, 0.25) is 0 Å². The number of hydrogen-bond donors (Lipinski definition) is 1. The van der Waals surface area contributed by atoms with Crippen LogP contribution in [0.1, 0.15) is 20.9 Å². The number of aryl methyl sites for hydroxylation is 1. The monoisotopic (exact) mass is 269 g/mol. The lowest BCUT2D eigenvalue weighted by Gasteiger charge is -1.94. The van der Waals surface area contributed by atoms with Crippen LogP contribution in [0.4, 0.5) is 0 Å². The number of thiophene rings is 1. The second-order valence-corrected chi connectivity index (χ2v) is 5.24. The maximum absolute atomic E-state index is 11.1. The smallest absolute Gasteiger partial charge is 0.347 e. The molecule has 4 nitrogen and oxygen atoms in total. The van der Waals surface area contributed by atoms with Crippen LogP contribution in [0.5, 0.6) is 0 Å². The van der Waals surface area contributed by atoms with Gasteiger partial charge in [-0.2, -0.15) is 11.3 Å². The summed E-state index contributed by atoms with van der Waals surface area (Å²) in [6, 6.07) is 0. The Balaban J connectivity index is 2.47. The summed E-state index contributed by atoms with van der Waals surface area (Å²) in [5, 5.41) is 13.8. The van der Waals surface area contributed by atoms with Crippen molar-refractivity contribution < 1.29 is 14.6 Å². The molecule has 0 aliphatic carbocycles. The van der Waals surface area contributed by atoms with Crippen LogP contribution in [0.25, 0.3) is 10.6 Å². The van der Waals surface area contributed by atoms with E-state index >= 15 is 0 Å². The second kappa shape index (κ2) is 4.95. The van der Waals surface area contributed by atoms with Gasteiger partial charge in [-0.1, -0.05) is 0 Å². The van der Waals surface area contributed by atoms with E-state index < -0.39 is 5.97 Å². The van der Waals surface area contributed by atoms with E-state index in [1.165, 1.54) is 18.4 Å². The molecule has 0 radical (unpaired) electrons. The van der Waals surface area contributed by atoms with Gasteiger partial charge in [0.05, 0.1) is 12.3 Å². The Labute approximate surface area is 107 Å². The highest BCUT2D eigenvalue weighted by Gasteiger charge is 2.19. The molecule has 0 saturated heterocycles. The van der Waals surface area contributed by atoms with Crippen molar-refractivity contribution in [2.75, 3.05) is 7.11 Å². The normalized spacial score (nSPS) is 10.7. The molecular formula is C11H11NO3S2. The van der Waals surface area contributed by atoms with E-state index in [-0.39, 0.29) is 11.5 Å². The van der Waals surface area contributed by atoms with Crippen LogP contribution < -0.4 is 0 Å². The van der Waals surface area contributed by atoms with E-state index in [1.807, 2.05) is 17.7 Å². The molecule has 2 aromatic heterocycles. The SMILES string of the molecule is COCc1nc(-c2cscc2C)sc1C(=O)O. The predicted octanol–water partition coefficient (Wildman–Crippen LogP) is 3.02. The Kier molecular flexibility index (Phi) is 3.56. The summed E-state index contributed by atoms with van der Waals surface area (Å²) in [5.74, 6) is -0.950. The summed E-state index contributed by atoms with van der Waals surface area (Å²) in [4.78, 5) is 15.7. The number of methoxy groups -OCH3 is 1. The lowest BCUT2D eigenvalue weighted by molar-refractivity contribution is 0.0697. The van der Waals surface area contributed by atoms with Gasteiger partial charge in [0.1, 0.15) is 9.88 Å². The third-order valence-electron chi connectivity index (χ3n) is 2.26. The first-order valence-electron chi connectivity index (χ1n) is 4.88. The van der Waals surface area contributed by atoms with Crippen LogP contribution in [0.3, 0.4) is 0 Å². The molecule has 17 heavy (non-hydrogen) atoms. The van der Waals surface area contributed by atoms with Gasteiger partial charge in [-0.05, 0) is 17.9 Å². The molecule has 90 valence electrons. The molecule has 0 unspecified atom stereocenters. The number of carbonyl (C=O) groups is 1. The predicted molar refractivity (Wildman–Crippen MR) is 67.8 cm³/mol. The summed E-state index contributed by atoms with van der Waals surface area (Å²) >= 11 is 2.78. The molecule has 2 rings (SSSR count). The number of hydrogen-bond acceptors (Lipinski definition) is 5. The fourth-order valence-electron chi connectivity index (χ4n) is 1.45. The van der Waals surface area contributed by atoms with Crippen LogP contribution in [-0.4, -0.2) is 23.2 Å². The lowest BCUT2D eigenvalue weighted by Crippen LogP contribution is -1.99. The van der Waals surface area contributed by atoms with E-state index in [0.717, 1.165) is 16.1 Å². The number of carboxylic acids is 1. The first kappa shape index (κ1) is 12.2. The fourth-order valence-corrected chi connectivity index (χ4v) is 3.34. The molecule has 0 atom stereocenters. The van der Waals surface area contributed by atoms with E-state index in [9.17, 15) is 4.79 Å². The van der Waals surface area contributed by atoms with Gasteiger partial charge >= 0.3 is 5.97 Å². The van der Waals surface area contributed by atoms with Crippen molar-refractivity contribution in [2.45, 2.75) is 13.5 Å². The zero-order chi connectivity index (χ0) is 12.4. The molecule has 2 heterocycles. The molecule has 0 bridgehead atoms. The van der Waals surface area contributed by atoms with E-state index in [0.29, 0.717) is 5.69 Å². The third-order valence-corrected chi connectivity index (χ3v) is 4.24. The van der Waals surface area contributed by atoms with Crippen LogP contribution in [-0.2, 0) is 11.3 Å². The number of thiazole rings is 1. The Hall–Kier alpha value is -1.24. The average molecular weight is 269 g/mol. The van der Waals surface area contributed by atoms with E-state index in [4.69, 9.17) is 9.84 Å². The third kappa shape index (κ3) is 2.38. The molecule has 1 N–H and O–H groups in total. The van der Waals surface area contributed by atoms with Crippen LogP contribution in [0, 0.1) is 6.92 Å². The van der Waals surface area contributed by atoms with Crippen molar-refractivity contribution in [1.29, 1.82) is 0 Å². The molecule has 0 saturated carbocycles. The second-order valence-electron chi connectivity index (χ2n) is 3.50. The first-order chi connectivity index (χ1) is 8.13. The Morgan fingerprint density at radius 2 is 2.29 bits per heavy atom. The number of rotatable bonds is 4. The Morgan fingerprint density at radius 3 is 2.82 bits per heavy atom. The van der Waals surface area contributed by atoms with Crippen LogP contribution in [0.2, 0.25) is 0 Å². The van der Waals surface area contributed by atoms with E-state index in [2.05, 4.69) is 4.98 Å². The summed E-state index contributed by atoms with van der Waals surface area (Å²) < 4.78 is 4.96. The van der Waals surface area contributed by atoms with Crippen molar-refractivity contribution in [3.63, 3.8) is 0 Å². The highest BCUT2D eigenvalue weighted by molar-refractivity contribution is 7.17. The van der Waals surface area contributed by atoms with Gasteiger partial charge in [-0.3, -0.25) is 0 Å². The molecule has 2 aromatic rings. The highest BCUT2D eigenvalue weighted by Crippen LogP contribution is 2.32. The largest absolute Gasteiger partial charge is 0.477 e. The summed E-state index contributed by atoms with van der Waals surface area (Å²) in [6.07, 6.45) is 0. The van der Waals surface area contributed by atoms with Crippen molar-refractivity contribution in [3.8, 4) is 10.6 Å². The van der Waals surface area contributed by atoms with Crippen LogP contribution >= 0.6 is 22.7 Å². The first-order valence-corrected chi connectivity index (χ1v) is 6.64. The highest BCUT2D eigenvalue weighted by atomic mass is 32.1. The summed E-state index contributed by atoms with van der Waals surface area (Å²) in [5.41, 5.74) is 2.61. The zero-order valence-electron chi connectivity index (χ0n) is 9.39. The minimum atomic E-state index is -0.950. The van der Waals surface area contributed by atoms with E-state index in [1.54, 1.807) is 11.3 Å².